The molecular weight excluding hydrogens is 407 g/mol. The molecule has 0 aliphatic carbocycles. The largest absolute Gasteiger partial charge is 0.502 e. The molecule has 0 amide bonds. The molecule has 0 saturated heterocycles. The molecule has 162 valence electrons. The Morgan fingerprint density at radius 2 is 1.53 bits per heavy atom. The summed E-state index contributed by atoms with van der Waals surface area (Å²) < 4.78 is 13.7. The molecule has 4 rings (SSSR count). The van der Waals surface area contributed by atoms with Gasteiger partial charge < -0.3 is 10.4 Å². The Hall–Kier alpha value is -3.77. The number of halogens is 1. The Bertz CT molecular complexity index is 1320. The van der Waals surface area contributed by atoms with Gasteiger partial charge in [0.2, 0.25) is 0 Å². The Morgan fingerprint density at radius 3 is 2.22 bits per heavy atom. The highest BCUT2D eigenvalue weighted by molar-refractivity contribution is 5.69. The van der Waals surface area contributed by atoms with Crippen LogP contribution in [0.2, 0.25) is 0 Å². The molecule has 5 nitrogen and oxygen atoms in total. The average Bonchev–Trinajstić information content (AvgIpc) is 2.81. The van der Waals surface area contributed by atoms with Crippen molar-refractivity contribution in [2.75, 3.05) is 5.32 Å². The smallest absolute Gasteiger partial charge is 0.271 e. The van der Waals surface area contributed by atoms with Crippen LogP contribution in [0.25, 0.3) is 0 Å². The summed E-state index contributed by atoms with van der Waals surface area (Å²) in [6, 6.07) is 21.6. The van der Waals surface area contributed by atoms with Gasteiger partial charge in [0.1, 0.15) is 11.5 Å². The molecule has 3 N–H and O–H groups in total. The van der Waals surface area contributed by atoms with E-state index in [1.54, 1.807) is 12.1 Å². The van der Waals surface area contributed by atoms with Gasteiger partial charge in [0.25, 0.3) is 10.9 Å². The van der Waals surface area contributed by atoms with Crippen LogP contribution in [0, 0.1) is 12.7 Å². The molecule has 2 unspecified atom stereocenters. The first-order valence-corrected chi connectivity index (χ1v) is 10.3. The Kier molecular flexibility index (Phi) is 5.88. The lowest BCUT2D eigenvalue weighted by atomic mass is 9.95. The highest BCUT2D eigenvalue weighted by atomic mass is 19.1. The Balaban J connectivity index is 1.67. The van der Waals surface area contributed by atoms with E-state index in [1.807, 2.05) is 62.4 Å². The fourth-order valence-corrected chi connectivity index (χ4v) is 3.70. The zero-order chi connectivity index (χ0) is 22.8. The van der Waals surface area contributed by atoms with Crippen LogP contribution < -0.4 is 21.5 Å². The van der Waals surface area contributed by atoms with Crippen LogP contribution in [0.1, 0.15) is 41.3 Å². The molecule has 0 fully saturated rings. The lowest BCUT2D eigenvalue weighted by molar-refractivity contribution is 0.466. The highest BCUT2D eigenvalue weighted by Crippen LogP contribution is 2.30. The molecule has 0 aliphatic heterocycles. The maximum absolute atomic E-state index is 13.7. The minimum absolute atomic E-state index is 0.0971. The van der Waals surface area contributed by atoms with Crippen molar-refractivity contribution in [1.29, 1.82) is 0 Å². The van der Waals surface area contributed by atoms with Crippen LogP contribution in [0.15, 0.2) is 82.4 Å². The van der Waals surface area contributed by atoms with E-state index in [9.17, 15) is 19.1 Å². The summed E-state index contributed by atoms with van der Waals surface area (Å²) in [5.74, 6) is -0.838. The molecule has 2 atom stereocenters. The van der Waals surface area contributed by atoms with Crippen molar-refractivity contribution in [3.8, 4) is 5.75 Å². The summed E-state index contributed by atoms with van der Waals surface area (Å²) in [6.45, 7) is 3.99. The molecule has 4 aromatic carbocycles. The van der Waals surface area contributed by atoms with Gasteiger partial charge in [-0.3, -0.25) is 14.9 Å². The Labute approximate surface area is 184 Å². The zero-order valence-electron chi connectivity index (χ0n) is 17.7. The topological polar surface area (TPSA) is 78.4 Å². The summed E-state index contributed by atoms with van der Waals surface area (Å²) in [5.41, 5.74) is 2.74. The van der Waals surface area contributed by atoms with Gasteiger partial charge in [-0.1, -0.05) is 54.1 Å². The lowest BCUT2D eigenvalue weighted by Crippen LogP contribution is -2.32. The van der Waals surface area contributed by atoms with E-state index in [0.717, 1.165) is 22.3 Å². The van der Waals surface area contributed by atoms with Gasteiger partial charge >= 0.3 is 0 Å². The molecule has 4 aromatic rings. The van der Waals surface area contributed by atoms with Gasteiger partial charge in [-0.05, 0) is 54.8 Å². The maximum atomic E-state index is 13.7. The molecule has 6 heteroatoms. The van der Waals surface area contributed by atoms with Crippen molar-refractivity contribution in [1.82, 2.24) is 5.32 Å². The Morgan fingerprint density at radius 1 is 0.844 bits per heavy atom. The minimum atomic E-state index is -0.883. The molecule has 0 bridgehead atoms. The first kappa shape index (κ1) is 21.5. The SMILES string of the molecule is Cc1ccc(C(NC(C)c2cccc(F)c2)c2cccc(Nc3c(O)c(=O)c3=O)c2)cc1. The van der Waals surface area contributed by atoms with E-state index in [-0.39, 0.29) is 23.6 Å². The normalized spacial score (nSPS) is 13.1. The number of benzene rings is 3. The zero-order valence-corrected chi connectivity index (χ0v) is 17.7. The summed E-state index contributed by atoms with van der Waals surface area (Å²) in [5, 5.41) is 16.1. The van der Waals surface area contributed by atoms with Crippen LogP contribution in [0.4, 0.5) is 15.8 Å². The van der Waals surface area contributed by atoms with E-state index in [2.05, 4.69) is 10.6 Å². The number of rotatable bonds is 7. The fourth-order valence-electron chi connectivity index (χ4n) is 3.70. The predicted molar refractivity (Wildman–Crippen MR) is 124 cm³/mol. The van der Waals surface area contributed by atoms with E-state index in [4.69, 9.17) is 0 Å². The van der Waals surface area contributed by atoms with Gasteiger partial charge in [0.05, 0.1) is 6.04 Å². The fraction of sp³-hybridized carbons (Fsp3) is 0.154. The molecule has 32 heavy (non-hydrogen) atoms. The van der Waals surface area contributed by atoms with Crippen molar-refractivity contribution < 1.29 is 9.50 Å². The van der Waals surface area contributed by atoms with E-state index in [1.165, 1.54) is 12.1 Å². The maximum Gasteiger partial charge on any atom is 0.271 e. The van der Waals surface area contributed by atoms with Crippen molar-refractivity contribution >= 4 is 11.4 Å². The molecule has 0 heterocycles. The standard InChI is InChI=1S/C26H23FN2O3/c1-15-9-11-17(12-10-15)22(28-16(2)18-5-3-7-20(27)13-18)19-6-4-8-21(14-19)29-23-24(30)26(32)25(23)31/h3-14,16,22,28-30H,1-2H3. The first-order valence-electron chi connectivity index (χ1n) is 10.3. The second-order valence-electron chi connectivity index (χ2n) is 7.92. The van der Waals surface area contributed by atoms with E-state index in [0.29, 0.717) is 5.69 Å². The highest BCUT2D eigenvalue weighted by Gasteiger charge is 2.21. The summed E-state index contributed by atoms with van der Waals surface area (Å²) in [7, 11) is 0. The van der Waals surface area contributed by atoms with E-state index < -0.39 is 16.6 Å². The van der Waals surface area contributed by atoms with Crippen LogP contribution in [-0.4, -0.2) is 5.11 Å². The molecular formula is C26H23FN2O3. The van der Waals surface area contributed by atoms with Crippen molar-refractivity contribution in [2.24, 2.45) is 0 Å². The van der Waals surface area contributed by atoms with Crippen LogP contribution >= 0.6 is 0 Å². The molecule has 0 aliphatic rings. The average molecular weight is 430 g/mol. The van der Waals surface area contributed by atoms with Crippen LogP contribution in [0.3, 0.4) is 0 Å². The number of hydrogen-bond donors (Lipinski definition) is 3. The summed E-state index contributed by atoms with van der Waals surface area (Å²) >= 11 is 0. The van der Waals surface area contributed by atoms with Crippen LogP contribution in [0.5, 0.6) is 5.75 Å². The number of anilines is 2. The predicted octanol–water partition coefficient (Wildman–Crippen LogP) is 4.62. The quantitative estimate of drug-likeness (QED) is 0.373. The molecule has 0 saturated carbocycles. The van der Waals surface area contributed by atoms with Gasteiger partial charge in [-0.2, -0.15) is 0 Å². The monoisotopic (exact) mass is 430 g/mol. The number of nitrogens with one attached hydrogen (secondary N) is 2. The third-order valence-corrected chi connectivity index (χ3v) is 5.55. The van der Waals surface area contributed by atoms with Crippen molar-refractivity contribution in [3.63, 3.8) is 0 Å². The minimum Gasteiger partial charge on any atom is -0.502 e. The second kappa shape index (κ2) is 8.77. The molecule has 0 aromatic heterocycles. The van der Waals surface area contributed by atoms with E-state index >= 15 is 0 Å². The van der Waals surface area contributed by atoms with Gasteiger partial charge in [0, 0.05) is 11.7 Å². The molecule has 0 radical (unpaired) electrons. The van der Waals surface area contributed by atoms with Crippen LogP contribution in [-0.2, 0) is 0 Å². The van der Waals surface area contributed by atoms with Gasteiger partial charge in [-0.15, -0.1) is 0 Å². The lowest BCUT2D eigenvalue weighted by Gasteiger charge is -2.25. The van der Waals surface area contributed by atoms with Gasteiger partial charge in [-0.25, -0.2) is 4.39 Å². The number of aryl methyl sites for hydroxylation is 1. The third kappa shape index (κ3) is 4.31. The summed E-state index contributed by atoms with van der Waals surface area (Å²) in [4.78, 5) is 23.0. The second-order valence-corrected chi connectivity index (χ2v) is 7.92. The number of hydrogen-bond acceptors (Lipinski definition) is 5. The summed E-state index contributed by atoms with van der Waals surface area (Å²) in [6.07, 6.45) is 0. The molecule has 0 spiro atoms. The van der Waals surface area contributed by atoms with Crippen molar-refractivity contribution in [3.05, 3.63) is 121 Å². The number of aromatic hydroxyl groups is 1. The van der Waals surface area contributed by atoms with Crippen molar-refractivity contribution in [2.45, 2.75) is 25.9 Å². The van der Waals surface area contributed by atoms with Gasteiger partial charge in [0.15, 0.2) is 5.75 Å². The third-order valence-electron chi connectivity index (χ3n) is 5.55. The first-order chi connectivity index (χ1) is 15.3.